The lowest BCUT2D eigenvalue weighted by Gasteiger charge is -1.80. The van der Waals surface area contributed by atoms with Crippen molar-refractivity contribution in [3.8, 4) is 0 Å². The van der Waals surface area contributed by atoms with Gasteiger partial charge in [0.15, 0.2) is 0 Å². The predicted molar refractivity (Wildman–Crippen MR) is 52.1 cm³/mol. The molecule has 0 heterocycles. The second kappa shape index (κ2) is 6.85. The van der Waals surface area contributed by atoms with E-state index in [9.17, 15) is 4.79 Å². The van der Waals surface area contributed by atoms with Gasteiger partial charge in [-0.3, -0.25) is 4.79 Å². The van der Waals surface area contributed by atoms with Crippen molar-refractivity contribution in [2.24, 2.45) is 0 Å². The number of carboxylic acid groups (broad SMARTS) is 1. The van der Waals surface area contributed by atoms with Gasteiger partial charge in [-0.2, -0.15) is 0 Å². The minimum atomic E-state index is -0.745. The zero-order valence-electron chi connectivity index (χ0n) is 6.83. The second-order valence-electron chi connectivity index (χ2n) is 2.04. The van der Waals surface area contributed by atoms with Crippen LogP contribution in [0.1, 0.15) is 13.3 Å². The number of hydrogen-bond acceptors (Lipinski definition) is 1. The van der Waals surface area contributed by atoms with Crippen LogP contribution in [0.2, 0.25) is 0 Å². The Balaban J connectivity index is 0.000000217. The standard InChI is InChI=1S/C6H5Br.C3H6O2/c7-6-4-2-1-3-5-6;1-2-3(4)5/h1-5H;2H2,1H3,(H,4,5). The molecule has 0 atom stereocenters. The molecule has 0 saturated heterocycles. The van der Waals surface area contributed by atoms with Gasteiger partial charge in [0.2, 0.25) is 0 Å². The number of carboxylic acids is 1. The van der Waals surface area contributed by atoms with Gasteiger partial charge in [0, 0.05) is 10.9 Å². The molecule has 0 bridgehead atoms. The number of aliphatic carboxylic acids is 1. The molecular formula is C9H11BrO2. The molecule has 3 heteroatoms. The molecule has 1 rings (SSSR count). The van der Waals surface area contributed by atoms with Gasteiger partial charge >= 0.3 is 5.97 Å². The molecule has 2 nitrogen and oxygen atoms in total. The summed E-state index contributed by atoms with van der Waals surface area (Å²) in [6.45, 7) is 1.60. The Bertz CT molecular complexity index is 221. The van der Waals surface area contributed by atoms with Crippen LogP contribution in [0.5, 0.6) is 0 Å². The van der Waals surface area contributed by atoms with E-state index in [0.717, 1.165) is 4.47 Å². The average Bonchev–Trinajstić information content (AvgIpc) is 2.07. The zero-order chi connectivity index (χ0) is 9.40. The first kappa shape index (κ1) is 11.2. The molecule has 0 saturated carbocycles. The van der Waals surface area contributed by atoms with Crippen molar-refractivity contribution in [1.82, 2.24) is 0 Å². The van der Waals surface area contributed by atoms with E-state index in [0.29, 0.717) is 0 Å². The minimum absolute atomic E-state index is 0.222. The summed E-state index contributed by atoms with van der Waals surface area (Å²) in [5.74, 6) is -0.745. The first-order chi connectivity index (χ1) is 5.66. The fourth-order valence-corrected chi connectivity index (χ4v) is 0.720. The Labute approximate surface area is 80.4 Å². The lowest BCUT2D eigenvalue weighted by Crippen LogP contribution is -1.86. The molecule has 0 aromatic heterocycles. The molecule has 0 radical (unpaired) electrons. The van der Waals surface area contributed by atoms with E-state index in [1.807, 2.05) is 30.3 Å². The maximum absolute atomic E-state index is 9.37. The highest BCUT2D eigenvalue weighted by molar-refractivity contribution is 9.10. The molecule has 0 aliphatic heterocycles. The molecule has 66 valence electrons. The normalized spacial score (nSPS) is 8.17. The van der Waals surface area contributed by atoms with E-state index in [1.54, 1.807) is 6.92 Å². The SMILES string of the molecule is Brc1ccccc1.CCC(=O)O. The van der Waals surface area contributed by atoms with Crippen molar-refractivity contribution in [3.05, 3.63) is 34.8 Å². The highest BCUT2D eigenvalue weighted by Gasteiger charge is 1.80. The van der Waals surface area contributed by atoms with E-state index in [2.05, 4.69) is 15.9 Å². The third kappa shape index (κ3) is 7.28. The van der Waals surface area contributed by atoms with Crippen LogP contribution in [0.15, 0.2) is 34.8 Å². The third-order valence-corrected chi connectivity index (χ3v) is 1.56. The van der Waals surface area contributed by atoms with Crippen LogP contribution in [-0.4, -0.2) is 11.1 Å². The van der Waals surface area contributed by atoms with Gasteiger partial charge < -0.3 is 5.11 Å². The first-order valence-corrected chi connectivity index (χ1v) is 4.38. The van der Waals surface area contributed by atoms with Gasteiger partial charge in [-0.25, -0.2) is 0 Å². The van der Waals surface area contributed by atoms with Crippen molar-refractivity contribution in [2.75, 3.05) is 0 Å². The second-order valence-corrected chi connectivity index (χ2v) is 2.96. The largest absolute Gasteiger partial charge is 0.481 e. The van der Waals surface area contributed by atoms with E-state index >= 15 is 0 Å². The maximum atomic E-state index is 9.37. The molecule has 1 aromatic carbocycles. The first-order valence-electron chi connectivity index (χ1n) is 3.59. The summed E-state index contributed by atoms with van der Waals surface area (Å²) in [6, 6.07) is 9.97. The topological polar surface area (TPSA) is 37.3 Å². The van der Waals surface area contributed by atoms with Crippen LogP contribution < -0.4 is 0 Å². The molecule has 0 fully saturated rings. The fraction of sp³-hybridized carbons (Fsp3) is 0.222. The molecule has 1 N–H and O–H groups in total. The number of benzene rings is 1. The average molecular weight is 231 g/mol. The smallest absolute Gasteiger partial charge is 0.303 e. The van der Waals surface area contributed by atoms with Gasteiger partial charge in [-0.15, -0.1) is 0 Å². The van der Waals surface area contributed by atoms with Crippen LogP contribution in [0.4, 0.5) is 0 Å². The van der Waals surface area contributed by atoms with Crippen LogP contribution in [0, 0.1) is 0 Å². The van der Waals surface area contributed by atoms with E-state index in [4.69, 9.17) is 5.11 Å². The Morgan fingerprint density at radius 3 is 2.00 bits per heavy atom. The van der Waals surface area contributed by atoms with Crippen molar-refractivity contribution < 1.29 is 9.90 Å². The summed E-state index contributed by atoms with van der Waals surface area (Å²) in [4.78, 5) is 9.37. The van der Waals surface area contributed by atoms with Crippen LogP contribution in [0.3, 0.4) is 0 Å². The van der Waals surface area contributed by atoms with Crippen LogP contribution in [-0.2, 0) is 4.79 Å². The quantitative estimate of drug-likeness (QED) is 0.806. The van der Waals surface area contributed by atoms with Crippen LogP contribution >= 0.6 is 15.9 Å². The lowest BCUT2D eigenvalue weighted by atomic mass is 10.4. The molecule has 0 amide bonds. The van der Waals surface area contributed by atoms with Gasteiger partial charge in [-0.05, 0) is 12.1 Å². The lowest BCUT2D eigenvalue weighted by molar-refractivity contribution is -0.136. The minimum Gasteiger partial charge on any atom is -0.481 e. The van der Waals surface area contributed by atoms with Crippen molar-refractivity contribution in [1.29, 1.82) is 0 Å². The van der Waals surface area contributed by atoms with E-state index < -0.39 is 5.97 Å². The van der Waals surface area contributed by atoms with Crippen molar-refractivity contribution in [2.45, 2.75) is 13.3 Å². The maximum Gasteiger partial charge on any atom is 0.303 e. The summed E-state index contributed by atoms with van der Waals surface area (Å²) in [5.41, 5.74) is 0. The predicted octanol–water partition coefficient (Wildman–Crippen LogP) is 2.93. The summed E-state index contributed by atoms with van der Waals surface area (Å²) in [6.07, 6.45) is 0.222. The number of carbonyl (C=O) groups is 1. The monoisotopic (exact) mass is 230 g/mol. The van der Waals surface area contributed by atoms with Gasteiger partial charge in [0.25, 0.3) is 0 Å². The Hall–Kier alpha value is -0.830. The summed E-state index contributed by atoms with van der Waals surface area (Å²) >= 11 is 3.31. The van der Waals surface area contributed by atoms with E-state index in [-0.39, 0.29) is 6.42 Å². The van der Waals surface area contributed by atoms with Crippen LogP contribution in [0.25, 0.3) is 0 Å². The molecule has 0 aliphatic rings. The molecule has 0 unspecified atom stereocenters. The highest BCUT2D eigenvalue weighted by atomic mass is 79.9. The van der Waals surface area contributed by atoms with Crippen molar-refractivity contribution in [3.63, 3.8) is 0 Å². The van der Waals surface area contributed by atoms with Gasteiger partial charge in [0.1, 0.15) is 0 Å². The Kier molecular flexibility index (Phi) is 6.38. The Morgan fingerprint density at radius 2 is 1.83 bits per heavy atom. The molecule has 12 heavy (non-hydrogen) atoms. The molecule has 0 spiro atoms. The van der Waals surface area contributed by atoms with Gasteiger partial charge in [0.05, 0.1) is 0 Å². The molecular weight excluding hydrogens is 220 g/mol. The zero-order valence-corrected chi connectivity index (χ0v) is 8.41. The van der Waals surface area contributed by atoms with Crippen molar-refractivity contribution >= 4 is 21.9 Å². The van der Waals surface area contributed by atoms with E-state index in [1.165, 1.54) is 0 Å². The summed E-state index contributed by atoms with van der Waals surface area (Å²) in [7, 11) is 0. The Morgan fingerprint density at radius 1 is 1.42 bits per heavy atom. The number of halogens is 1. The summed E-state index contributed by atoms with van der Waals surface area (Å²) in [5, 5.41) is 7.72. The molecule has 1 aromatic rings. The highest BCUT2D eigenvalue weighted by Crippen LogP contribution is 2.05. The fourth-order valence-electron chi connectivity index (χ4n) is 0.415. The summed E-state index contributed by atoms with van der Waals surface area (Å²) < 4.78 is 1.13. The number of rotatable bonds is 1. The molecule has 0 aliphatic carbocycles. The third-order valence-electron chi connectivity index (χ3n) is 1.04. The van der Waals surface area contributed by atoms with Gasteiger partial charge in [-0.1, -0.05) is 41.1 Å². The number of hydrogen-bond donors (Lipinski definition) is 1.